The summed E-state index contributed by atoms with van der Waals surface area (Å²) >= 11 is 1.65. The lowest BCUT2D eigenvalue weighted by atomic mass is 9.89. The number of nitrogens with zero attached hydrogens (tertiary/aromatic N) is 4. The van der Waals surface area contributed by atoms with Crippen LogP contribution >= 0.6 is 11.3 Å². The standard InChI is InChI=1S/C70H73B2F6N5O6SSi/c1-43(2)61(84)18-13-14-30-82(38-46-32-49(69(73,74)75)20-27-62(46)88-71-86)41-60-54-17-12-11-16-53(54)59(40-83(31-15-29-79-68(85)44(3)4)39-47-33-50(70(76,77)78)21-28-63(47)89-72-87)55-24-19-45(34-58(55)60)48-35-64(90-42-48)67-56-25-22-51(80(5)6)36-65(56)91(9,10)66-37-52(81(7)8)23-26-57(66)67/h11-12,16-17,19-28,32-37,42,86-87H,1,3,13-15,18,29-31,38-41H2,2,4-10H3/p+1. The first-order valence-corrected chi connectivity index (χ1v) is 33.9. The van der Waals surface area contributed by atoms with Gasteiger partial charge in [-0.3, -0.25) is 19.4 Å². The largest absolute Gasteiger partial charge is 0.569 e. The van der Waals surface area contributed by atoms with Gasteiger partial charge in [-0.15, -0.1) is 11.3 Å². The summed E-state index contributed by atoms with van der Waals surface area (Å²) in [5.74, 6) is -0.404. The Bertz CT molecular complexity index is 4090. The summed E-state index contributed by atoms with van der Waals surface area (Å²) in [4.78, 5) is 32.7. The van der Waals surface area contributed by atoms with Crippen LogP contribution in [0.1, 0.15) is 83.4 Å². The predicted molar refractivity (Wildman–Crippen MR) is 357 cm³/mol. The lowest BCUT2D eigenvalue weighted by Gasteiger charge is -2.37. The number of Topliss-reactive ketones (excluding diaryl/α,β-unsaturated/α-hetero) is 1. The first-order chi connectivity index (χ1) is 43.2. The molecule has 0 saturated carbocycles. The summed E-state index contributed by atoms with van der Waals surface area (Å²) in [6.45, 7) is 16.6. The molecule has 0 fully saturated rings. The number of allylic oxidation sites excluding steroid dienone is 6. The smallest absolute Gasteiger partial charge is 0.537 e. The van der Waals surface area contributed by atoms with Crippen LogP contribution in [0.2, 0.25) is 13.1 Å². The van der Waals surface area contributed by atoms with Gasteiger partial charge in [-0.05, 0) is 183 Å². The zero-order chi connectivity index (χ0) is 65.7. The Hall–Kier alpha value is -7.78. The number of alkyl halides is 6. The van der Waals surface area contributed by atoms with Gasteiger partial charge in [0.05, 0.1) is 11.1 Å². The Morgan fingerprint density at radius 3 is 1.81 bits per heavy atom. The Morgan fingerprint density at radius 1 is 0.681 bits per heavy atom. The van der Waals surface area contributed by atoms with Crippen molar-refractivity contribution in [1.82, 2.24) is 15.1 Å². The van der Waals surface area contributed by atoms with E-state index < -0.39 is 31.6 Å². The van der Waals surface area contributed by atoms with Gasteiger partial charge in [0, 0.05) is 105 Å². The van der Waals surface area contributed by atoms with Gasteiger partial charge < -0.3 is 29.6 Å². The Balaban J connectivity index is 1.25. The number of fused-ring (bicyclic) bond motifs is 4. The van der Waals surface area contributed by atoms with Crippen molar-refractivity contribution in [2.24, 2.45) is 0 Å². The zero-order valence-corrected chi connectivity index (χ0v) is 54.3. The van der Waals surface area contributed by atoms with Crippen LogP contribution in [-0.4, -0.2) is 113 Å². The lowest BCUT2D eigenvalue weighted by Crippen LogP contribution is -2.49. The third kappa shape index (κ3) is 15.4. The fourth-order valence-electron chi connectivity index (χ4n) is 12.1. The number of hydrogen-bond acceptors (Lipinski definition) is 10. The number of rotatable bonds is 26. The molecule has 0 bridgehead atoms. The molecule has 91 heavy (non-hydrogen) atoms. The third-order valence-electron chi connectivity index (χ3n) is 17.0. The second kappa shape index (κ2) is 28.4. The van der Waals surface area contributed by atoms with Gasteiger partial charge in [0.15, 0.2) is 11.5 Å². The normalized spacial score (nSPS) is 13.7. The van der Waals surface area contributed by atoms with Crippen molar-refractivity contribution in [2.45, 2.75) is 91.2 Å². The lowest BCUT2D eigenvalue weighted by molar-refractivity contribution is -0.462. The minimum Gasteiger partial charge on any atom is -0.537 e. The van der Waals surface area contributed by atoms with Crippen molar-refractivity contribution >= 4 is 90.2 Å². The summed E-state index contributed by atoms with van der Waals surface area (Å²) < 4.78 is 99.9. The minimum absolute atomic E-state index is 0.0111. The molecule has 1 aromatic heterocycles. The van der Waals surface area contributed by atoms with E-state index in [1.807, 2.05) is 34.1 Å². The summed E-state index contributed by atoms with van der Waals surface area (Å²) in [6.07, 6.45) is -1.09. The molecule has 0 atom stereocenters. The number of hydrogen-bond donors (Lipinski definition) is 3. The molecule has 0 spiro atoms. The van der Waals surface area contributed by atoms with E-state index in [0.29, 0.717) is 52.3 Å². The van der Waals surface area contributed by atoms with Crippen LogP contribution in [0.3, 0.4) is 0 Å². The molecule has 472 valence electrons. The molecule has 21 heteroatoms. The van der Waals surface area contributed by atoms with Crippen LogP contribution in [0.25, 0.3) is 38.2 Å². The van der Waals surface area contributed by atoms with Crippen molar-refractivity contribution in [2.75, 3.05) is 52.7 Å². The summed E-state index contributed by atoms with van der Waals surface area (Å²) in [5.41, 5.74) is 8.46. The van der Waals surface area contributed by atoms with Crippen molar-refractivity contribution in [3.63, 3.8) is 0 Å². The van der Waals surface area contributed by atoms with Gasteiger partial charge in [-0.2, -0.15) is 26.3 Å². The van der Waals surface area contributed by atoms with Crippen LogP contribution in [0.5, 0.6) is 11.5 Å². The van der Waals surface area contributed by atoms with E-state index in [0.717, 1.165) is 89.9 Å². The van der Waals surface area contributed by atoms with Gasteiger partial charge >= 0.3 is 27.7 Å². The fourth-order valence-corrected chi connectivity index (χ4v) is 16.2. The second-order valence-corrected chi connectivity index (χ2v) is 29.5. The highest BCUT2D eigenvalue weighted by Gasteiger charge is 2.41. The molecule has 1 aliphatic carbocycles. The third-order valence-corrected chi connectivity index (χ3v) is 21.4. The molecule has 1 amide bonds. The van der Waals surface area contributed by atoms with E-state index in [9.17, 15) is 46.0 Å². The number of nitrogens with one attached hydrogen (secondary N) is 1. The number of amides is 1. The molecule has 2 aliphatic rings. The molecular formula is C70H74B2F6N5O6SSi+. The number of halogens is 6. The highest BCUT2D eigenvalue weighted by molar-refractivity contribution is 7.12. The SMILES string of the molecule is C=C(C)C(=O)CCCCN(Cc1cc(C(F)(F)F)ccc1O[B]O)Cc1c2ccccc2c(CN(CCCNC(=O)C(=C)C)Cc2cc(C(F)(F)F)ccc2O[B]O)c2ccc(-c3csc(C4=C5C=CC(=[N+](C)C)C=C5[Si](C)(C)c5cc(N(C)C)ccc54)c3)cc12. The Kier molecular flexibility index (Phi) is 21.1. The van der Waals surface area contributed by atoms with E-state index in [1.165, 1.54) is 33.7 Å². The molecular weight excluding hydrogens is 1200 g/mol. The maximum Gasteiger partial charge on any atom is 0.569 e. The van der Waals surface area contributed by atoms with Crippen molar-refractivity contribution < 1.29 is 59.9 Å². The number of ketones is 1. The first-order valence-electron chi connectivity index (χ1n) is 30.0. The molecule has 11 nitrogen and oxygen atoms in total. The van der Waals surface area contributed by atoms with Crippen LogP contribution in [0, 0.1) is 0 Å². The van der Waals surface area contributed by atoms with E-state index in [2.05, 4.69) is 135 Å². The molecule has 6 aromatic carbocycles. The van der Waals surface area contributed by atoms with Gasteiger partial charge in [0.1, 0.15) is 33.7 Å². The maximum absolute atomic E-state index is 14.5. The summed E-state index contributed by atoms with van der Waals surface area (Å²) in [7, 11) is 6.78. The van der Waals surface area contributed by atoms with Crippen LogP contribution in [-0.2, 0) is 48.1 Å². The topological polar surface area (TPSA) is 118 Å². The van der Waals surface area contributed by atoms with E-state index in [4.69, 9.17) is 9.31 Å². The molecule has 0 unspecified atom stereocenters. The van der Waals surface area contributed by atoms with Gasteiger partial charge in [0.2, 0.25) is 5.91 Å². The average molecular weight is 1280 g/mol. The highest BCUT2D eigenvalue weighted by Crippen LogP contribution is 2.46. The summed E-state index contributed by atoms with van der Waals surface area (Å²) in [6, 6.07) is 29.2. The first kappa shape index (κ1) is 67.6. The second-order valence-electron chi connectivity index (χ2n) is 24.3. The monoisotopic (exact) mass is 1280 g/mol. The zero-order valence-electron chi connectivity index (χ0n) is 52.5. The highest BCUT2D eigenvalue weighted by atomic mass is 32.1. The van der Waals surface area contributed by atoms with Gasteiger partial charge in [-0.1, -0.05) is 68.7 Å². The number of thiophene rings is 1. The molecule has 1 aliphatic heterocycles. The maximum atomic E-state index is 14.5. The minimum atomic E-state index is -4.70. The molecule has 3 N–H and O–H groups in total. The predicted octanol–water partition coefficient (Wildman–Crippen LogP) is 13.5. The van der Waals surface area contributed by atoms with E-state index in [-0.39, 0.29) is 80.0 Å². The van der Waals surface area contributed by atoms with E-state index >= 15 is 0 Å². The van der Waals surface area contributed by atoms with Crippen LogP contribution in [0.15, 0.2) is 162 Å². The van der Waals surface area contributed by atoms with Gasteiger partial charge in [-0.25, -0.2) is 4.58 Å². The Morgan fingerprint density at radius 2 is 1.26 bits per heavy atom. The molecule has 7 aromatic rings. The van der Waals surface area contributed by atoms with Crippen molar-refractivity contribution in [3.8, 4) is 22.6 Å². The molecule has 2 heterocycles. The average Bonchev–Trinajstić information content (AvgIpc) is 1.53. The van der Waals surface area contributed by atoms with Crippen LogP contribution in [0.4, 0.5) is 32.0 Å². The molecule has 0 saturated heterocycles. The van der Waals surface area contributed by atoms with Crippen molar-refractivity contribution in [1.29, 1.82) is 0 Å². The summed E-state index contributed by atoms with van der Waals surface area (Å²) in [5, 5.41) is 30.6. The number of carbonyl (C=O) groups is 2. The van der Waals surface area contributed by atoms with Gasteiger partial charge in [0.25, 0.3) is 0 Å². The van der Waals surface area contributed by atoms with Crippen LogP contribution < -0.4 is 24.7 Å². The number of carbonyl (C=O) groups excluding carboxylic acids is 2. The number of unbranched alkanes of at least 4 members (excludes halogenated alkanes) is 1. The molecule has 2 radical (unpaired) electrons. The fraction of sp³-hybridized carbons (Fsp3) is 0.300. The quantitative estimate of drug-likeness (QED) is 0.0122. The Labute approximate surface area is 534 Å². The number of benzene rings is 6. The van der Waals surface area contributed by atoms with Crippen molar-refractivity contribution in [3.05, 3.63) is 206 Å². The van der Waals surface area contributed by atoms with E-state index in [1.54, 1.807) is 25.2 Å². The number of anilines is 1. The molecule has 9 rings (SSSR count).